The molecular weight excluding hydrogens is 212 g/mol. The molecule has 80 valence electrons. The van der Waals surface area contributed by atoms with Gasteiger partial charge in [-0.3, -0.25) is 0 Å². The van der Waals surface area contributed by atoms with Crippen molar-refractivity contribution in [3.63, 3.8) is 0 Å². The monoisotopic (exact) mass is 230 g/mol. The molecule has 14 heavy (non-hydrogen) atoms. The van der Waals surface area contributed by atoms with Gasteiger partial charge in [-0.05, 0) is 50.2 Å². The van der Waals surface area contributed by atoms with Gasteiger partial charge in [-0.25, -0.2) is 0 Å². The van der Waals surface area contributed by atoms with Gasteiger partial charge in [0.05, 0.1) is 0 Å². The van der Waals surface area contributed by atoms with Crippen molar-refractivity contribution < 1.29 is 4.74 Å². The lowest BCUT2D eigenvalue weighted by atomic mass is 9.97. The maximum absolute atomic E-state index is 5.98. The molecule has 3 heteroatoms. The van der Waals surface area contributed by atoms with E-state index in [1.54, 1.807) is 0 Å². The summed E-state index contributed by atoms with van der Waals surface area (Å²) in [7, 11) is 0. The zero-order chi connectivity index (χ0) is 10.2. The molecule has 1 atom stereocenters. The summed E-state index contributed by atoms with van der Waals surface area (Å²) >= 11 is 9.59. The summed E-state index contributed by atoms with van der Waals surface area (Å²) in [6.45, 7) is 2.06. The van der Waals surface area contributed by atoms with Gasteiger partial charge in [0.15, 0.2) is 5.05 Å². The fraction of sp³-hybridized carbons (Fsp3) is 0.909. The minimum atomic E-state index is 0.143. The molecule has 0 N–H and O–H groups in total. The van der Waals surface area contributed by atoms with E-state index in [9.17, 15) is 0 Å². The van der Waals surface area contributed by atoms with E-state index in [0.717, 1.165) is 17.4 Å². The average Bonchev–Trinajstić information content (AvgIpc) is 2.60. The summed E-state index contributed by atoms with van der Waals surface area (Å²) < 4.78 is 5.98. The number of thiol groups is 1. The zero-order valence-corrected chi connectivity index (χ0v) is 10.4. The second kappa shape index (κ2) is 4.01. The van der Waals surface area contributed by atoms with Gasteiger partial charge in [-0.2, -0.15) is 12.6 Å². The Morgan fingerprint density at radius 1 is 1.57 bits per heavy atom. The Bertz CT molecular complexity index is 229. The fourth-order valence-corrected chi connectivity index (χ4v) is 3.52. The number of hydrogen-bond donors (Lipinski definition) is 1. The van der Waals surface area contributed by atoms with E-state index in [-0.39, 0.29) is 5.60 Å². The van der Waals surface area contributed by atoms with Crippen molar-refractivity contribution >= 4 is 29.9 Å². The molecule has 2 aliphatic carbocycles. The van der Waals surface area contributed by atoms with Crippen LogP contribution < -0.4 is 0 Å². The average molecular weight is 230 g/mol. The molecule has 2 aliphatic rings. The van der Waals surface area contributed by atoms with Crippen LogP contribution in [0, 0.1) is 5.92 Å². The summed E-state index contributed by atoms with van der Waals surface area (Å²) in [4.78, 5) is 0. The van der Waals surface area contributed by atoms with Crippen LogP contribution in [0.3, 0.4) is 0 Å². The fourth-order valence-electron chi connectivity index (χ4n) is 2.81. The molecule has 1 nitrogen and oxygen atoms in total. The van der Waals surface area contributed by atoms with Gasteiger partial charge < -0.3 is 4.74 Å². The predicted molar refractivity (Wildman–Crippen MR) is 66.1 cm³/mol. The van der Waals surface area contributed by atoms with Crippen LogP contribution in [0.15, 0.2) is 0 Å². The van der Waals surface area contributed by atoms with Crippen LogP contribution in [-0.2, 0) is 4.74 Å². The summed E-state index contributed by atoms with van der Waals surface area (Å²) in [6, 6.07) is 0. The first-order chi connectivity index (χ1) is 6.60. The first kappa shape index (κ1) is 10.7. The van der Waals surface area contributed by atoms with Gasteiger partial charge in [0.2, 0.25) is 0 Å². The summed E-state index contributed by atoms with van der Waals surface area (Å²) in [5, 5.41) is 1.09. The zero-order valence-electron chi connectivity index (χ0n) is 8.66. The van der Waals surface area contributed by atoms with Crippen LogP contribution in [0.4, 0.5) is 0 Å². The van der Waals surface area contributed by atoms with Crippen molar-refractivity contribution in [1.82, 2.24) is 0 Å². The molecule has 0 heterocycles. The van der Waals surface area contributed by atoms with Crippen molar-refractivity contribution in [3.8, 4) is 0 Å². The lowest BCUT2D eigenvalue weighted by Crippen LogP contribution is -2.30. The van der Waals surface area contributed by atoms with Gasteiger partial charge in [-0.1, -0.05) is 6.92 Å². The number of rotatable bonds is 3. The first-order valence-corrected chi connectivity index (χ1v) is 6.42. The highest BCUT2D eigenvalue weighted by Gasteiger charge is 2.47. The van der Waals surface area contributed by atoms with Crippen LogP contribution in [0.25, 0.3) is 0 Å². The molecular formula is C11H18OS2. The molecule has 2 fully saturated rings. The van der Waals surface area contributed by atoms with Crippen molar-refractivity contribution in [3.05, 3.63) is 0 Å². The molecule has 0 aromatic rings. The topological polar surface area (TPSA) is 9.23 Å². The van der Waals surface area contributed by atoms with Crippen LogP contribution in [0.2, 0.25) is 0 Å². The Morgan fingerprint density at radius 2 is 2.21 bits per heavy atom. The SMILES string of the molecule is CC(S)CC(=S)OC12CCC(CC1)C2. The van der Waals surface area contributed by atoms with Crippen LogP contribution in [0.1, 0.15) is 45.4 Å². The molecule has 0 aromatic carbocycles. The molecule has 0 radical (unpaired) electrons. The Labute approximate surface area is 97.0 Å². The summed E-state index contributed by atoms with van der Waals surface area (Å²) in [5.74, 6) is 0.922. The Balaban J connectivity index is 1.87. The van der Waals surface area contributed by atoms with E-state index in [2.05, 4.69) is 19.6 Å². The smallest absolute Gasteiger partial charge is 0.161 e. The quantitative estimate of drug-likeness (QED) is 0.588. The lowest BCUT2D eigenvalue weighted by Gasteiger charge is -2.28. The Kier molecular flexibility index (Phi) is 3.08. The molecule has 0 aliphatic heterocycles. The minimum Gasteiger partial charge on any atom is -0.481 e. The standard InChI is InChI=1S/C11H18OS2/c1-8(13)6-10(14)12-11-4-2-9(7-11)3-5-11/h8-9,13H,2-7H2,1H3. The largest absolute Gasteiger partial charge is 0.481 e. The number of hydrogen-bond acceptors (Lipinski definition) is 3. The van der Waals surface area contributed by atoms with E-state index in [1.807, 2.05) is 0 Å². The molecule has 0 amide bonds. The normalized spacial score (nSPS) is 37.1. The number of thiocarbonyl (C=S) groups is 1. The Hall–Kier alpha value is 0.240. The van der Waals surface area contributed by atoms with E-state index in [1.165, 1.54) is 32.1 Å². The van der Waals surface area contributed by atoms with Crippen LogP contribution in [0.5, 0.6) is 0 Å². The predicted octanol–water partition coefficient (Wildman–Crippen LogP) is 3.37. The first-order valence-electron chi connectivity index (χ1n) is 5.50. The number of ether oxygens (including phenoxy) is 1. The third-order valence-electron chi connectivity index (χ3n) is 3.47. The molecule has 0 spiro atoms. The second-order valence-corrected chi connectivity index (χ2v) is 6.19. The third-order valence-corrected chi connectivity index (χ3v) is 3.90. The van der Waals surface area contributed by atoms with Crippen molar-refractivity contribution in [1.29, 1.82) is 0 Å². The van der Waals surface area contributed by atoms with E-state index >= 15 is 0 Å². The van der Waals surface area contributed by atoms with E-state index in [4.69, 9.17) is 17.0 Å². The maximum atomic E-state index is 5.98. The number of fused-ring (bicyclic) bond motifs is 2. The highest BCUT2D eigenvalue weighted by molar-refractivity contribution is 7.81. The molecule has 2 rings (SSSR count). The van der Waals surface area contributed by atoms with Gasteiger partial charge in [0.25, 0.3) is 0 Å². The van der Waals surface area contributed by atoms with Crippen LogP contribution in [-0.4, -0.2) is 15.9 Å². The molecule has 2 saturated carbocycles. The highest BCUT2D eigenvalue weighted by atomic mass is 32.1. The molecule has 2 bridgehead atoms. The van der Waals surface area contributed by atoms with Crippen molar-refractivity contribution in [2.45, 2.75) is 56.3 Å². The molecule has 0 saturated heterocycles. The lowest BCUT2D eigenvalue weighted by molar-refractivity contribution is 0.0678. The second-order valence-electron chi connectivity index (χ2n) is 4.86. The molecule has 0 aromatic heterocycles. The van der Waals surface area contributed by atoms with E-state index in [0.29, 0.717) is 5.25 Å². The van der Waals surface area contributed by atoms with Crippen molar-refractivity contribution in [2.75, 3.05) is 0 Å². The van der Waals surface area contributed by atoms with Crippen molar-refractivity contribution in [2.24, 2.45) is 5.92 Å². The minimum absolute atomic E-state index is 0.143. The van der Waals surface area contributed by atoms with Gasteiger partial charge >= 0.3 is 0 Å². The summed E-state index contributed by atoms with van der Waals surface area (Å²) in [5.41, 5.74) is 0.143. The van der Waals surface area contributed by atoms with Gasteiger partial charge in [0, 0.05) is 11.7 Å². The Morgan fingerprint density at radius 3 is 2.64 bits per heavy atom. The molecule has 1 unspecified atom stereocenters. The maximum Gasteiger partial charge on any atom is 0.161 e. The summed E-state index contributed by atoms with van der Waals surface area (Å²) in [6.07, 6.45) is 7.19. The van der Waals surface area contributed by atoms with Gasteiger partial charge in [-0.15, -0.1) is 0 Å². The highest BCUT2D eigenvalue weighted by Crippen LogP contribution is 2.50. The van der Waals surface area contributed by atoms with Gasteiger partial charge in [0.1, 0.15) is 5.60 Å². The van der Waals surface area contributed by atoms with E-state index < -0.39 is 0 Å². The third kappa shape index (κ3) is 2.25. The van der Waals surface area contributed by atoms with Crippen LogP contribution >= 0.6 is 24.8 Å².